The zero-order chi connectivity index (χ0) is 16.0. The maximum Gasteiger partial charge on any atom is 0.328 e. The number of aliphatic hydroxyl groups excluding tert-OH is 1. The number of azide groups is 1. The van der Waals surface area contributed by atoms with Gasteiger partial charge >= 0.3 is 5.97 Å². The molecule has 4 atom stereocenters. The van der Waals surface area contributed by atoms with Gasteiger partial charge in [-0.15, -0.1) is 0 Å². The summed E-state index contributed by atoms with van der Waals surface area (Å²) < 4.78 is 4.66. The van der Waals surface area contributed by atoms with Gasteiger partial charge in [0.25, 0.3) is 0 Å². The molecule has 3 unspecified atom stereocenters. The number of rotatable bonds is 6. The number of carbonyl (C=O) groups is 2. The van der Waals surface area contributed by atoms with Crippen molar-refractivity contribution >= 4 is 11.9 Å². The standard InChI is InChI=1S/C13H22N4O4/c1-7(2)11(13(20)21-3)15-10(19)6-8-4-5-9(18)12(8)16-17-14/h7-9,11-12,18H,4-6H2,1-3H3,(H,15,19)/t8?,9?,11-,12?/m0/s1. The fourth-order valence-electron chi connectivity index (χ4n) is 2.59. The van der Waals surface area contributed by atoms with Crippen molar-refractivity contribution in [3.8, 4) is 0 Å². The maximum atomic E-state index is 12.1. The molecule has 0 aliphatic heterocycles. The minimum Gasteiger partial charge on any atom is -0.467 e. The average molecular weight is 298 g/mol. The highest BCUT2D eigenvalue weighted by Crippen LogP contribution is 2.31. The summed E-state index contributed by atoms with van der Waals surface area (Å²) in [5.74, 6) is -1.10. The highest BCUT2D eigenvalue weighted by molar-refractivity contribution is 5.84. The van der Waals surface area contributed by atoms with Gasteiger partial charge in [0.15, 0.2) is 0 Å². The smallest absolute Gasteiger partial charge is 0.328 e. The van der Waals surface area contributed by atoms with Crippen LogP contribution in [-0.2, 0) is 14.3 Å². The van der Waals surface area contributed by atoms with Crippen LogP contribution in [0, 0.1) is 11.8 Å². The molecule has 0 aromatic rings. The first-order valence-electron chi connectivity index (χ1n) is 7.00. The van der Waals surface area contributed by atoms with E-state index in [9.17, 15) is 14.7 Å². The molecule has 118 valence electrons. The molecule has 1 fully saturated rings. The van der Waals surface area contributed by atoms with Crippen LogP contribution in [0.2, 0.25) is 0 Å². The first kappa shape index (κ1) is 17.3. The van der Waals surface area contributed by atoms with Gasteiger partial charge in [-0.25, -0.2) is 4.79 Å². The van der Waals surface area contributed by atoms with Gasteiger partial charge in [-0.05, 0) is 30.2 Å². The van der Waals surface area contributed by atoms with Crippen LogP contribution in [0.5, 0.6) is 0 Å². The topological polar surface area (TPSA) is 124 Å². The summed E-state index contributed by atoms with van der Waals surface area (Å²) in [5, 5.41) is 15.9. The molecule has 8 heteroatoms. The molecule has 8 nitrogen and oxygen atoms in total. The monoisotopic (exact) mass is 298 g/mol. The number of esters is 1. The molecule has 0 aromatic carbocycles. The fraction of sp³-hybridized carbons (Fsp3) is 0.846. The van der Waals surface area contributed by atoms with Crippen LogP contribution in [0.4, 0.5) is 0 Å². The number of hydrogen-bond acceptors (Lipinski definition) is 5. The molecule has 21 heavy (non-hydrogen) atoms. The maximum absolute atomic E-state index is 12.1. The SMILES string of the molecule is COC(=O)[C@@H](NC(=O)CC1CCC(O)C1N=[N+]=[N-])C(C)C. The molecular formula is C13H22N4O4. The van der Waals surface area contributed by atoms with Gasteiger partial charge < -0.3 is 15.2 Å². The number of methoxy groups -OCH3 is 1. The molecule has 0 spiro atoms. The van der Waals surface area contributed by atoms with E-state index < -0.39 is 24.2 Å². The molecule has 1 rings (SSSR count). The molecule has 1 aliphatic carbocycles. The van der Waals surface area contributed by atoms with Gasteiger partial charge in [0.2, 0.25) is 5.91 Å². The number of nitrogens with one attached hydrogen (secondary N) is 1. The lowest BCUT2D eigenvalue weighted by Crippen LogP contribution is -2.45. The number of nitrogens with zero attached hydrogens (tertiary/aromatic N) is 3. The Kier molecular flexibility index (Phi) is 6.45. The zero-order valence-corrected chi connectivity index (χ0v) is 12.5. The Morgan fingerprint density at radius 3 is 2.67 bits per heavy atom. The van der Waals surface area contributed by atoms with Crippen LogP contribution in [0.3, 0.4) is 0 Å². The lowest BCUT2D eigenvalue weighted by atomic mass is 9.98. The Labute approximate surface area is 123 Å². The Bertz CT molecular complexity index is 434. The van der Waals surface area contributed by atoms with Crippen LogP contribution in [0.15, 0.2) is 5.11 Å². The Balaban J connectivity index is 2.64. The molecule has 1 saturated carbocycles. The number of aliphatic hydroxyl groups is 1. The third-order valence-electron chi connectivity index (χ3n) is 3.78. The highest BCUT2D eigenvalue weighted by atomic mass is 16.5. The van der Waals surface area contributed by atoms with Crippen molar-refractivity contribution in [3.63, 3.8) is 0 Å². The van der Waals surface area contributed by atoms with Gasteiger partial charge in [-0.2, -0.15) is 0 Å². The molecule has 0 heterocycles. The summed E-state index contributed by atoms with van der Waals surface area (Å²) in [6, 6.07) is -1.29. The van der Waals surface area contributed by atoms with Gasteiger partial charge in [0, 0.05) is 11.3 Å². The van der Waals surface area contributed by atoms with E-state index in [0.29, 0.717) is 12.8 Å². The summed E-state index contributed by atoms with van der Waals surface area (Å²) >= 11 is 0. The number of hydrogen-bond donors (Lipinski definition) is 2. The molecule has 0 radical (unpaired) electrons. The molecule has 1 aliphatic rings. The van der Waals surface area contributed by atoms with Gasteiger partial charge in [-0.3, -0.25) is 4.79 Å². The molecule has 0 saturated heterocycles. The number of carbonyl (C=O) groups excluding carboxylic acids is 2. The summed E-state index contributed by atoms with van der Waals surface area (Å²) in [6.45, 7) is 3.62. The summed E-state index contributed by atoms with van der Waals surface area (Å²) in [5.41, 5.74) is 8.50. The van der Waals surface area contributed by atoms with E-state index in [1.54, 1.807) is 0 Å². The van der Waals surface area contributed by atoms with Crippen LogP contribution in [0.25, 0.3) is 10.4 Å². The third-order valence-corrected chi connectivity index (χ3v) is 3.78. The van der Waals surface area contributed by atoms with Crippen molar-refractivity contribution in [1.82, 2.24) is 5.32 Å². The van der Waals surface area contributed by atoms with E-state index >= 15 is 0 Å². The van der Waals surface area contributed by atoms with E-state index in [1.807, 2.05) is 13.8 Å². The van der Waals surface area contributed by atoms with Crippen molar-refractivity contribution in [1.29, 1.82) is 0 Å². The quantitative estimate of drug-likeness (QED) is 0.330. The number of amides is 1. The Morgan fingerprint density at radius 2 is 2.14 bits per heavy atom. The zero-order valence-electron chi connectivity index (χ0n) is 12.5. The van der Waals surface area contributed by atoms with Crippen molar-refractivity contribution in [2.45, 2.75) is 51.3 Å². The lowest BCUT2D eigenvalue weighted by Gasteiger charge is -2.22. The van der Waals surface area contributed by atoms with Crippen molar-refractivity contribution in [3.05, 3.63) is 10.4 Å². The van der Waals surface area contributed by atoms with Crippen LogP contribution >= 0.6 is 0 Å². The van der Waals surface area contributed by atoms with Crippen LogP contribution in [0.1, 0.15) is 33.1 Å². The largest absolute Gasteiger partial charge is 0.467 e. The summed E-state index contributed by atoms with van der Waals surface area (Å²) in [6.07, 6.45) is 0.524. The lowest BCUT2D eigenvalue weighted by molar-refractivity contribution is -0.146. The third kappa shape index (κ3) is 4.61. The van der Waals surface area contributed by atoms with E-state index in [4.69, 9.17) is 5.53 Å². The molecule has 1 amide bonds. The van der Waals surface area contributed by atoms with E-state index in [0.717, 1.165) is 0 Å². The Hall–Kier alpha value is -1.79. The summed E-state index contributed by atoms with van der Waals surface area (Å²) in [4.78, 5) is 26.4. The minimum absolute atomic E-state index is 0.0940. The second kappa shape index (κ2) is 7.85. The molecular weight excluding hydrogens is 276 g/mol. The van der Waals surface area contributed by atoms with Gasteiger partial charge in [0.05, 0.1) is 19.3 Å². The van der Waals surface area contributed by atoms with E-state index in [2.05, 4.69) is 20.1 Å². The average Bonchev–Trinajstić information content (AvgIpc) is 2.77. The van der Waals surface area contributed by atoms with Crippen molar-refractivity contribution in [2.24, 2.45) is 17.0 Å². The summed E-state index contributed by atoms with van der Waals surface area (Å²) in [7, 11) is 1.27. The van der Waals surface area contributed by atoms with E-state index in [1.165, 1.54) is 7.11 Å². The molecule has 2 N–H and O–H groups in total. The van der Waals surface area contributed by atoms with Crippen molar-refractivity contribution in [2.75, 3.05) is 7.11 Å². The first-order valence-corrected chi connectivity index (χ1v) is 7.00. The highest BCUT2D eigenvalue weighted by Gasteiger charge is 2.36. The molecule has 0 bridgehead atoms. The number of ether oxygens (including phenoxy) is 1. The second-order valence-corrected chi connectivity index (χ2v) is 5.62. The predicted molar refractivity (Wildman–Crippen MR) is 75.1 cm³/mol. The first-order chi connectivity index (χ1) is 9.90. The predicted octanol–water partition coefficient (Wildman–Crippen LogP) is 1.14. The van der Waals surface area contributed by atoms with E-state index in [-0.39, 0.29) is 24.2 Å². The molecule has 0 aromatic heterocycles. The van der Waals surface area contributed by atoms with Crippen LogP contribution in [-0.4, -0.2) is 42.3 Å². The van der Waals surface area contributed by atoms with Crippen LogP contribution < -0.4 is 5.32 Å². The van der Waals surface area contributed by atoms with Gasteiger partial charge in [-0.1, -0.05) is 19.0 Å². The fourth-order valence-corrected chi connectivity index (χ4v) is 2.59. The normalized spacial score (nSPS) is 26.0. The van der Waals surface area contributed by atoms with Crippen molar-refractivity contribution < 1.29 is 19.4 Å². The van der Waals surface area contributed by atoms with Gasteiger partial charge in [0.1, 0.15) is 6.04 Å². The minimum atomic E-state index is -0.708. The second-order valence-electron chi connectivity index (χ2n) is 5.62. The Morgan fingerprint density at radius 1 is 1.48 bits per heavy atom.